The first kappa shape index (κ1) is 15.2. The summed E-state index contributed by atoms with van der Waals surface area (Å²) >= 11 is 0. The minimum absolute atomic E-state index is 0.0174. The van der Waals surface area contributed by atoms with Gasteiger partial charge in [0.25, 0.3) is 5.69 Å². The molecule has 0 aromatic heterocycles. The molecule has 0 unspecified atom stereocenters. The largest absolute Gasteiger partial charge is 0.351 e. The number of urea groups is 1. The molecule has 2 aromatic rings. The van der Waals surface area contributed by atoms with E-state index in [2.05, 4.69) is 10.3 Å². The van der Waals surface area contributed by atoms with Crippen LogP contribution in [0.2, 0.25) is 0 Å². The molecule has 112 valence electrons. The van der Waals surface area contributed by atoms with Crippen molar-refractivity contribution in [3.05, 3.63) is 63.7 Å². The molecule has 2 rings (SSSR count). The van der Waals surface area contributed by atoms with Gasteiger partial charge in [0, 0.05) is 18.3 Å². The molecule has 3 N–H and O–H groups in total. The Morgan fingerprint density at radius 3 is 2.55 bits per heavy atom. The van der Waals surface area contributed by atoms with Crippen LogP contribution in [-0.4, -0.2) is 17.2 Å². The van der Waals surface area contributed by atoms with Crippen molar-refractivity contribution in [3.8, 4) is 0 Å². The highest BCUT2D eigenvalue weighted by molar-refractivity contribution is 5.93. The quantitative estimate of drug-likeness (QED) is 0.513. The number of hydrogen-bond acceptors (Lipinski definition) is 4. The number of nitrogens with two attached hydrogens (primary N) is 1. The summed E-state index contributed by atoms with van der Waals surface area (Å²) in [4.78, 5) is 25.4. The molecule has 0 saturated heterocycles. The number of anilines is 1. The van der Waals surface area contributed by atoms with Gasteiger partial charge in [-0.15, -0.1) is 0 Å². The molecular weight excluding hydrogens is 284 g/mol. The number of aliphatic imine (C=N–C) groups is 1. The smallest absolute Gasteiger partial charge is 0.316 e. The zero-order valence-electron chi connectivity index (χ0n) is 11.8. The summed E-state index contributed by atoms with van der Waals surface area (Å²) in [6.45, 7) is 1.90. The van der Waals surface area contributed by atoms with Gasteiger partial charge in [-0.1, -0.05) is 6.07 Å². The van der Waals surface area contributed by atoms with Gasteiger partial charge in [0.05, 0.1) is 16.3 Å². The summed E-state index contributed by atoms with van der Waals surface area (Å²) in [5, 5.41) is 13.1. The van der Waals surface area contributed by atoms with Crippen LogP contribution in [0.5, 0.6) is 0 Å². The van der Waals surface area contributed by atoms with E-state index >= 15 is 0 Å². The molecule has 0 radical (unpaired) electrons. The van der Waals surface area contributed by atoms with Crippen molar-refractivity contribution in [2.45, 2.75) is 6.92 Å². The van der Waals surface area contributed by atoms with Crippen LogP contribution < -0.4 is 11.1 Å². The summed E-state index contributed by atoms with van der Waals surface area (Å²) in [5.74, 6) is 0. The molecule has 0 fully saturated rings. The Balaban J connectivity index is 2.26. The van der Waals surface area contributed by atoms with Crippen molar-refractivity contribution in [3.63, 3.8) is 0 Å². The summed E-state index contributed by atoms with van der Waals surface area (Å²) in [6, 6.07) is 10.7. The van der Waals surface area contributed by atoms with Gasteiger partial charge in [-0.2, -0.15) is 0 Å². The maximum absolute atomic E-state index is 11.0. The zero-order valence-corrected chi connectivity index (χ0v) is 11.8. The van der Waals surface area contributed by atoms with E-state index in [1.165, 1.54) is 12.1 Å². The van der Waals surface area contributed by atoms with Crippen molar-refractivity contribution >= 4 is 29.3 Å². The van der Waals surface area contributed by atoms with Crippen molar-refractivity contribution in [2.75, 3.05) is 5.32 Å². The van der Waals surface area contributed by atoms with E-state index in [4.69, 9.17) is 5.73 Å². The van der Waals surface area contributed by atoms with E-state index in [1.807, 2.05) is 13.0 Å². The van der Waals surface area contributed by atoms with Crippen LogP contribution in [0.25, 0.3) is 0 Å². The van der Waals surface area contributed by atoms with Crippen LogP contribution in [0.4, 0.5) is 21.9 Å². The second kappa shape index (κ2) is 6.49. The number of carbonyl (C=O) groups is 1. The van der Waals surface area contributed by atoms with Crippen LogP contribution in [0.15, 0.2) is 47.5 Å². The lowest BCUT2D eigenvalue weighted by Gasteiger charge is -2.06. The maximum atomic E-state index is 11.0. The van der Waals surface area contributed by atoms with E-state index in [0.717, 1.165) is 5.56 Å². The lowest BCUT2D eigenvalue weighted by molar-refractivity contribution is -0.384. The average Bonchev–Trinajstić information content (AvgIpc) is 2.47. The summed E-state index contributed by atoms with van der Waals surface area (Å²) in [5.41, 5.74) is 7.87. The number of rotatable bonds is 4. The van der Waals surface area contributed by atoms with Crippen LogP contribution in [-0.2, 0) is 0 Å². The molecule has 0 saturated carbocycles. The highest BCUT2D eigenvalue weighted by Gasteiger charge is 2.05. The van der Waals surface area contributed by atoms with E-state index in [9.17, 15) is 14.9 Å². The molecule has 0 aliphatic heterocycles. The zero-order chi connectivity index (χ0) is 16.1. The monoisotopic (exact) mass is 298 g/mol. The Hall–Kier alpha value is -3.22. The van der Waals surface area contributed by atoms with Gasteiger partial charge in [0.15, 0.2) is 0 Å². The topological polar surface area (TPSA) is 111 Å². The minimum atomic E-state index is -0.671. The van der Waals surface area contributed by atoms with Gasteiger partial charge in [-0.05, 0) is 42.3 Å². The van der Waals surface area contributed by atoms with E-state index in [0.29, 0.717) is 16.9 Å². The predicted molar refractivity (Wildman–Crippen MR) is 84.7 cm³/mol. The molecule has 7 nitrogen and oxygen atoms in total. The molecule has 0 spiro atoms. The molecule has 7 heteroatoms. The molecule has 2 amide bonds. The first-order valence-electron chi connectivity index (χ1n) is 6.41. The Kier molecular flexibility index (Phi) is 4.47. The lowest BCUT2D eigenvalue weighted by atomic mass is 10.2. The van der Waals surface area contributed by atoms with Gasteiger partial charge in [-0.25, -0.2) is 4.79 Å². The maximum Gasteiger partial charge on any atom is 0.316 e. The number of carbonyl (C=O) groups excluding carboxylic acids is 1. The van der Waals surface area contributed by atoms with Gasteiger partial charge in [-0.3, -0.25) is 15.1 Å². The molecular formula is C15H14N4O3. The van der Waals surface area contributed by atoms with E-state index in [-0.39, 0.29) is 5.69 Å². The van der Waals surface area contributed by atoms with Crippen LogP contribution >= 0.6 is 0 Å². The molecule has 0 aliphatic carbocycles. The normalized spacial score (nSPS) is 10.6. The van der Waals surface area contributed by atoms with Crippen LogP contribution in [0.3, 0.4) is 0 Å². The number of nitrogens with one attached hydrogen (secondary N) is 1. The number of nitro benzene ring substituents is 1. The third-order valence-electron chi connectivity index (χ3n) is 2.87. The van der Waals surface area contributed by atoms with E-state index in [1.54, 1.807) is 30.5 Å². The number of amides is 2. The molecule has 22 heavy (non-hydrogen) atoms. The van der Waals surface area contributed by atoms with Crippen LogP contribution in [0.1, 0.15) is 11.1 Å². The summed E-state index contributed by atoms with van der Waals surface area (Å²) in [6.07, 6.45) is 1.56. The van der Waals surface area contributed by atoms with Gasteiger partial charge >= 0.3 is 6.03 Å². The van der Waals surface area contributed by atoms with E-state index < -0.39 is 11.0 Å². The number of nitro groups is 1. The summed E-state index contributed by atoms with van der Waals surface area (Å²) < 4.78 is 0. The first-order valence-corrected chi connectivity index (χ1v) is 6.41. The first-order chi connectivity index (χ1) is 10.5. The number of hydrogen-bond donors (Lipinski definition) is 2. The third-order valence-corrected chi connectivity index (χ3v) is 2.87. The third kappa shape index (κ3) is 3.89. The fourth-order valence-corrected chi connectivity index (χ4v) is 1.81. The fourth-order valence-electron chi connectivity index (χ4n) is 1.81. The Bertz CT molecular complexity index is 739. The molecule has 0 heterocycles. The lowest BCUT2D eigenvalue weighted by Crippen LogP contribution is -2.19. The Morgan fingerprint density at radius 1 is 1.27 bits per heavy atom. The number of aryl methyl sites for hydroxylation is 1. The number of benzene rings is 2. The standard InChI is InChI=1S/C15H14N4O3/c1-10-2-7-13(18-15(16)20)14(8-10)17-9-11-3-5-12(6-4-11)19(21)22/h2-9H,1H3,(H3,16,18,20). The van der Waals surface area contributed by atoms with Crippen LogP contribution in [0, 0.1) is 17.0 Å². The fraction of sp³-hybridized carbons (Fsp3) is 0.0667. The average molecular weight is 298 g/mol. The SMILES string of the molecule is Cc1ccc(NC(N)=O)c(N=Cc2ccc([N+](=O)[O-])cc2)c1. The minimum Gasteiger partial charge on any atom is -0.351 e. The number of primary amides is 1. The molecule has 0 aliphatic rings. The highest BCUT2D eigenvalue weighted by atomic mass is 16.6. The van der Waals surface area contributed by atoms with Crippen molar-refractivity contribution in [2.24, 2.45) is 10.7 Å². The second-order valence-corrected chi connectivity index (χ2v) is 4.62. The molecule has 0 bridgehead atoms. The van der Waals surface area contributed by atoms with Gasteiger partial charge in [0.2, 0.25) is 0 Å². The number of nitrogens with zero attached hydrogens (tertiary/aromatic N) is 2. The Labute approximate surface area is 126 Å². The molecule has 0 atom stereocenters. The number of non-ortho nitro benzene ring substituents is 1. The predicted octanol–water partition coefficient (Wildman–Crippen LogP) is 3.14. The highest BCUT2D eigenvalue weighted by Crippen LogP contribution is 2.26. The second-order valence-electron chi connectivity index (χ2n) is 4.62. The van der Waals surface area contributed by atoms with Gasteiger partial charge in [0.1, 0.15) is 0 Å². The summed E-state index contributed by atoms with van der Waals surface area (Å²) in [7, 11) is 0. The van der Waals surface area contributed by atoms with Gasteiger partial charge < -0.3 is 11.1 Å². The Morgan fingerprint density at radius 2 is 1.95 bits per heavy atom. The van der Waals surface area contributed by atoms with Crippen molar-refractivity contribution < 1.29 is 9.72 Å². The van der Waals surface area contributed by atoms with Crippen molar-refractivity contribution in [1.29, 1.82) is 0 Å². The van der Waals surface area contributed by atoms with Crippen molar-refractivity contribution in [1.82, 2.24) is 0 Å². The molecule has 2 aromatic carbocycles.